The summed E-state index contributed by atoms with van der Waals surface area (Å²) in [5.41, 5.74) is 2.83. The van der Waals surface area contributed by atoms with Gasteiger partial charge in [0.1, 0.15) is 5.82 Å². The van der Waals surface area contributed by atoms with E-state index in [9.17, 15) is 4.39 Å². The maximum absolute atomic E-state index is 13.2. The number of anilines is 1. The van der Waals surface area contributed by atoms with Gasteiger partial charge in [-0.1, -0.05) is 29.1 Å². The number of halogens is 1. The van der Waals surface area contributed by atoms with E-state index in [1.54, 1.807) is 12.1 Å². The van der Waals surface area contributed by atoms with Gasteiger partial charge in [-0.2, -0.15) is 4.98 Å². The van der Waals surface area contributed by atoms with Crippen LogP contribution in [0.2, 0.25) is 0 Å². The molecule has 0 unspecified atom stereocenters. The minimum atomic E-state index is -0.310. The Labute approximate surface area is 188 Å². The monoisotopic (exact) mass is 452 g/mol. The van der Waals surface area contributed by atoms with Crippen LogP contribution in [0.25, 0.3) is 17.1 Å². The summed E-state index contributed by atoms with van der Waals surface area (Å²) >= 11 is 1.48. The van der Waals surface area contributed by atoms with Crippen molar-refractivity contribution < 1.29 is 13.7 Å². The van der Waals surface area contributed by atoms with Crippen molar-refractivity contribution in [2.75, 3.05) is 31.2 Å². The number of nitrogens with zero attached hydrogens (tertiary/aromatic N) is 6. The predicted octanol–water partition coefficient (Wildman–Crippen LogP) is 3.89. The summed E-state index contributed by atoms with van der Waals surface area (Å²) in [7, 11) is 0. The molecule has 0 spiro atoms. The summed E-state index contributed by atoms with van der Waals surface area (Å²) < 4.78 is 26.1. The summed E-state index contributed by atoms with van der Waals surface area (Å²) in [6.07, 6.45) is 0. The lowest BCUT2D eigenvalue weighted by atomic mass is 10.2. The van der Waals surface area contributed by atoms with E-state index >= 15 is 0 Å². The minimum Gasteiger partial charge on any atom is -0.378 e. The fourth-order valence-electron chi connectivity index (χ4n) is 3.47. The van der Waals surface area contributed by atoms with Gasteiger partial charge in [0, 0.05) is 18.7 Å². The number of hydrogen-bond acceptors (Lipinski definition) is 8. The molecule has 0 N–H and O–H groups in total. The van der Waals surface area contributed by atoms with Gasteiger partial charge in [-0.3, -0.25) is 4.57 Å². The van der Waals surface area contributed by atoms with E-state index in [0.717, 1.165) is 35.4 Å². The van der Waals surface area contributed by atoms with Crippen LogP contribution in [0.5, 0.6) is 0 Å². The number of benzene rings is 2. The highest BCUT2D eigenvalue weighted by atomic mass is 32.2. The van der Waals surface area contributed by atoms with Gasteiger partial charge in [-0.15, -0.1) is 10.2 Å². The van der Waals surface area contributed by atoms with Gasteiger partial charge in [0.2, 0.25) is 5.95 Å². The molecule has 0 bridgehead atoms. The third kappa shape index (κ3) is 4.37. The maximum Gasteiger partial charge on any atom is 0.257 e. The van der Waals surface area contributed by atoms with Crippen LogP contribution in [0.3, 0.4) is 0 Å². The van der Waals surface area contributed by atoms with Gasteiger partial charge in [0.05, 0.1) is 24.7 Å². The van der Waals surface area contributed by atoms with E-state index in [1.807, 2.05) is 12.1 Å². The van der Waals surface area contributed by atoms with Crippen LogP contribution < -0.4 is 4.90 Å². The quantitative estimate of drug-likeness (QED) is 0.408. The summed E-state index contributed by atoms with van der Waals surface area (Å²) in [6, 6.07) is 14.2. The summed E-state index contributed by atoms with van der Waals surface area (Å²) in [4.78, 5) is 6.62. The third-order valence-electron chi connectivity index (χ3n) is 5.06. The SMILES string of the molecule is Cc1cccc(-n2c(SCc3noc(-c4ccc(F)cc4)n3)nnc2N2CCOCC2)c1. The highest BCUT2D eigenvalue weighted by molar-refractivity contribution is 7.98. The lowest BCUT2D eigenvalue weighted by Crippen LogP contribution is -2.37. The fraction of sp³-hybridized carbons (Fsp3) is 0.273. The number of thioether (sulfide) groups is 1. The molecule has 1 aliphatic rings. The number of aryl methyl sites for hydroxylation is 1. The number of aromatic nitrogens is 5. The molecular weight excluding hydrogens is 431 g/mol. The maximum atomic E-state index is 13.2. The predicted molar refractivity (Wildman–Crippen MR) is 118 cm³/mol. The molecule has 10 heteroatoms. The Hall–Kier alpha value is -3.24. The van der Waals surface area contributed by atoms with E-state index < -0.39 is 0 Å². The average Bonchev–Trinajstić information content (AvgIpc) is 3.46. The highest BCUT2D eigenvalue weighted by Crippen LogP contribution is 2.29. The Bertz CT molecular complexity index is 1200. The Balaban J connectivity index is 1.40. The Morgan fingerprint density at radius 2 is 1.88 bits per heavy atom. The largest absolute Gasteiger partial charge is 0.378 e. The molecule has 2 aromatic heterocycles. The molecule has 2 aromatic carbocycles. The molecule has 4 aromatic rings. The second kappa shape index (κ2) is 9.09. The normalized spacial score (nSPS) is 14.1. The molecule has 164 valence electrons. The van der Waals surface area contributed by atoms with Crippen molar-refractivity contribution in [3.63, 3.8) is 0 Å². The summed E-state index contributed by atoms with van der Waals surface area (Å²) in [5.74, 6) is 1.82. The van der Waals surface area contributed by atoms with Crippen LogP contribution in [0.4, 0.5) is 10.3 Å². The van der Waals surface area contributed by atoms with Crippen LogP contribution in [0.15, 0.2) is 58.2 Å². The lowest BCUT2D eigenvalue weighted by molar-refractivity contribution is 0.122. The number of rotatable bonds is 6. The van der Waals surface area contributed by atoms with Gasteiger partial charge in [0.15, 0.2) is 11.0 Å². The van der Waals surface area contributed by atoms with Crippen molar-refractivity contribution in [3.05, 3.63) is 65.7 Å². The Morgan fingerprint density at radius 3 is 2.66 bits per heavy atom. The molecule has 32 heavy (non-hydrogen) atoms. The molecule has 0 amide bonds. The molecule has 0 saturated carbocycles. The molecule has 5 rings (SSSR count). The van der Waals surface area contributed by atoms with Crippen molar-refractivity contribution in [1.29, 1.82) is 0 Å². The second-order valence-corrected chi connectivity index (χ2v) is 8.31. The molecular formula is C22H21FN6O2S. The zero-order valence-electron chi connectivity index (χ0n) is 17.4. The van der Waals surface area contributed by atoms with Crippen molar-refractivity contribution in [1.82, 2.24) is 24.9 Å². The molecule has 0 aliphatic carbocycles. The first-order chi connectivity index (χ1) is 15.7. The van der Waals surface area contributed by atoms with E-state index in [1.165, 1.54) is 23.9 Å². The van der Waals surface area contributed by atoms with Crippen molar-refractivity contribution in [2.45, 2.75) is 17.8 Å². The second-order valence-electron chi connectivity index (χ2n) is 7.37. The lowest BCUT2D eigenvalue weighted by Gasteiger charge is -2.28. The molecule has 1 saturated heterocycles. The van der Waals surface area contributed by atoms with E-state index in [2.05, 4.69) is 48.9 Å². The molecule has 1 fully saturated rings. The zero-order chi connectivity index (χ0) is 21.9. The molecule has 0 atom stereocenters. The molecule has 8 nitrogen and oxygen atoms in total. The Morgan fingerprint density at radius 1 is 1.06 bits per heavy atom. The van der Waals surface area contributed by atoms with E-state index in [0.29, 0.717) is 36.2 Å². The number of ether oxygens (including phenoxy) is 1. The first-order valence-electron chi connectivity index (χ1n) is 10.2. The number of hydrogen-bond donors (Lipinski definition) is 0. The van der Waals surface area contributed by atoms with Crippen molar-refractivity contribution >= 4 is 17.7 Å². The highest BCUT2D eigenvalue weighted by Gasteiger charge is 2.22. The van der Waals surface area contributed by atoms with E-state index in [4.69, 9.17) is 9.26 Å². The average molecular weight is 453 g/mol. The van der Waals surface area contributed by atoms with Crippen LogP contribution >= 0.6 is 11.8 Å². The van der Waals surface area contributed by atoms with Gasteiger partial charge in [-0.05, 0) is 48.9 Å². The van der Waals surface area contributed by atoms with Crippen LogP contribution in [-0.2, 0) is 10.5 Å². The zero-order valence-corrected chi connectivity index (χ0v) is 18.3. The van der Waals surface area contributed by atoms with E-state index in [-0.39, 0.29) is 5.82 Å². The summed E-state index contributed by atoms with van der Waals surface area (Å²) in [6.45, 7) is 4.92. The van der Waals surface area contributed by atoms with Crippen LogP contribution in [0.1, 0.15) is 11.4 Å². The topological polar surface area (TPSA) is 82.1 Å². The fourth-order valence-corrected chi connectivity index (χ4v) is 4.26. The van der Waals surface area contributed by atoms with Gasteiger partial charge in [-0.25, -0.2) is 4.39 Å². The standard InChI is InChI=1S/C22H21FN6O2S/c1-15-3-2-4-18(13-15)29-21(28-9-11-30-12-10-28)25-26-22(29)32-14-19-24-20(31-27-19)16-5-7-17(23)8-6-16/h2-8,13H,9-12,14H2,1H3. The first-order valence-corrected chi connectivity index (χ1v) is 11.2. The third-order valence-corrected chi connectivity index (χ3v) is 5.98. The van der Waals surface area contributed by atoms with Crippen LogP contribution in [0, 0.1) is 12.7 Å². The van der Waals surface area contributed by atoms with Gasteiger partial charge >= 0.3 is 0 Å². The number of morpholine rings is 1. The Kier molecular flexibility index (Phi) is 5.87. The minimum absolute atomic E-state index is 0.310. The first kappa shape index (κ1) is 20.7. The van der Waals surface area contributed by atoms with Crippen molar-refractivity contribution in [3.8, 4) is 17.1 Å². The summed E-state index contributed by atoms with van der Waals surface area (Å²) in [5, 5.41) is 13.7. The molecule has 3 heterocycles. The van der Waals surface area contributed by atoms with Crippen LogP contribution in [-0.4, -0.2) is 51.2 Å². The van der Waals surface area contributed by atoms with Gasteiger partial charge in [0.25, 0.3) is 5.89 Å². The molecule has 1 aliphatic heterocycles. The smallest absolute Gasteiger partial charge is 0.257 e. The van der Waals surface area contributed by atoms with Gasteiger partial charge < -0.3 is 14.2 Å². The molecule has 0 radical (unpaired) electrons. The van der Waals surface area contributed by atoms with Crippen molar-refractivity contribution in [2.24, 2.45) is 0 Å².